The number of nitrogens with one attached hydrogen (secondary N) is 2. The van der Waals surface area contributed by atoms with Gasteiger partial charge in [0.1, 0.15) is 6.61 Å². The molecular formula is C26H30N2O7. The van der Waals surface area contributed by atoms with E-state index in [9.17, 15) is 19.5 Å². The number of rotatable bonds is 9. The van der Waals surface area contributed by atoms with Gasteiger partial charge in [-0.15, -0.1) is 0 Å². The van der Waals surface area contributed by atoms with Crippen LogP contribution in [0.15, 0.2) is 48.5 Å². The lowest BCUT2D eigenvalue weighted by molar-refractivity contribution is -0.139. The molecule has 1 saturated heterocycles. The first-order valence-electron chi connectivity index (χ1n) is 11.7. The molecule has 1 atom stereocenters. The van der Waals surface area contributed by atoms with Crippen molar-refractivity contribution in [2.24, 2.45) is 0 Å². The predicted octanol–water partition coefficient (Wildman–Crippen LogP) is 2.42. The van der Waals surface area contributed by atoms with E-state index in [2.05, 4.69) is 22.8 Å². The Bertz CT molecular complexity index is 1040. The van der Waals surface area contributed by atoms with Crippen LogP contribution >= 0.6 is 0 Å². The number of carboxylic acid groups (broad SMARTS) is 1. The minimum atomic E-state index is -1.18. The normalized spacial score (nSPS) is 17.1. The van der Waals surface area contributed by atoms with Crippen molar-refractivity contribution in [3.8, 4) is 11.1 Å². The number of ether oxygens (including phenoxy) is 2. The standard InChI is InChI=1S/C26H30N2O7/c29-17(13-24(31)32)15-27-23(30)14-26(9-11-34-12-10-26)28-25(33)35-16-22-20-7-3-1-5-18(20)19-6-2-4-8-21(19)22/h1-8,17,22,29H,9-16H2,(H,27,30)(H,28,33)(H,31,32). The summed E-state index contributed by atoms with van der Waals surface area (Å²) in [5, 5.41) is 23.9. The average molecular weight is 483 g/mol. The first-order chi connectivity index (χ1) is 16.9. The Hall–Kier alpha value is -3.43. The molecule has 9 nitrogen and oxygen atoms in total. The maximum atomic E-state index is 12.9. The maximum Gasteiger partial charge on any atom is 0.407 e. The Labute approximate surface area is 203 Å². The van der Waals surface area contributed by atoms with Gasteiger partial charge in [-0.3, -0.25) is 9.59 Å². The van der Waals surface area contributed by atoms with Gasteiger partial charge in [-0.05, 0) is 35.1 Å². The van der Waals surface area contributed by atoms with Crippen LogP contribution in [-0.2, 0) is 19.1 Å². The first-order valence-corrected chi connectivity index (χ1v) is 11.7. The van der Waals surface area contributed by atoms with Crippen molar-refractivity contribution >= 4 is 18.0 Å². The van der Waals surface area contributed by atoms with Gasteiger partial charge in [-0.1, -0.05) is 48.5 Å². The molecule has 2 aromatic rings. The molecule has 1 fully saturated rings. The number of amides is 2. The fourth-order valence-corrected chi connectivity index (χ4v) is 4.83. The zero-order chi connectivity index (χ0) is 24.8. The third-order valence-electron chi connectivity index (χ3n) is 6.60. The number of aliphatic hydroxyl groups is 1. The van der Waals surface area contributed by atoms with Gasteiger partial charge in [0.15, 0.2) is 0 Å². The molecule has 2 aliphatic rings. The number of aliphatic carboxylic acids is 1. The molecular weight excluding hydrogens is 452 g/mol. The summed E-state index contributed by atoms with van der Waals surface area (Å²) >= 11 is 0. The zero-order valence-electron chi connectivity index (χ0n) is 19.4. The van der Waals surface area contributed by atoms with E-state index in [-0.39, 0.29) is 25.5 Å². The number of benzene rings is 2. The van der Waals surface area contributed by atoms with Crippen molar-refractivity contribution in [2.75, 3.05) is 26.4 Å². The molecule has 1 aliphatic carbocycles. The molecule has 0 saturated carbocycles. The Morgan fingerprint density at radius 3 is 2.23 bits per heavy atom. The van der Waals surface area contributed by atoms with Crippen LogP contribution in [0.3, 0.4) is 0 Å². The third-order valence-corrected chi connectivity index (χ3v) is 6.60. The summed E-state index contributed by atoms with van der Waals surface area (Å²) in [5.74, 6) is -1.61. The van der Waals surface area contributed by atoms with Gasteiger partial charge in [-0.2, -0.15) is 0 Å². The Kier molecular flexibility index (Phi) is 7.67. The zero-order valence-corrected chi connectivity index (χ0v) is 19.4. The number of hydrogen-bond donors (Lipinski definition) is 4. The Morgan fingerprint density at radius 2 is 1.63 bits per heavy atom. The molecule has 1 unspecified atom stereocenters. The van der Waals surface area contributed by atoms with Crippen LogP contribution in [0, 0.1) is 0 Å². The maximum absolute atomic E-state index is 12.9. The summed E-state index contributed by atoms with van der Waals surface area (Å²) < 4.78 is 11.1. The van der Waals surface area contributed by atoms with Crippen molar-refractivity contribution in [2.45, 2.75) is 43.2 Å². The van der Waals surface area contributed by atoms with Crippen LogP contribution in [0.2, 0.25) is 0 Å². The number of aliphatic hydroxyl groups excluding tert-OH is 1. The second-order valence-electron chi connectivity index (χ2n) is 9.08. The number of fused-ring (bicyclic) bond motifs is 3. The first kappa shape index (κ1) is 24.7. The summed E-state index contributed by atoms with van der Waals surface area (Å²) in [6.45, 7) is 0.764. The highest BCUT2D eigenvalue weighted by molar-refractivity contribution is 5.80. The molecule has 0 aromatic heterocycles. The lowest BCUT2D eigenvalue weighted by atomic mass is 9.86. The van der Waals surface area contributed by atoms with Crippen LogP contribution < -0.4 is 10.6 Å². The molecule has 4 rings (SSSR count). The molecule has 0 spiro atoms. The average Bonchev–Trinajstić information content (AvgIpc) is 3.15. The van der Waals surface area contributed by atoms with E-state index in [1.165, 1.54) is 0 Å². The van der Waals surface area contributed by atoms with Crippen molar-refractivity contribution in [1.82, 2.24) is 10.6 Å². The number of carbonyl (C=O) groups excluding carboxylic acids is 2. The van der Waals surface area contributed by atoms with Gasteiger partial charge in [0, 0.05) is 32.1 Å². The highest BCUT2D eigenvalue weighted by atomic mass is 16.5. The molecule has 1 heterocycles. The number of alkyl carbamates (subject to hydrolysis) is 1. The van der Waals surface area contributed by atoms with E-state index in [1.54, 1.807) is 0 Å². The monoisotopic (exact) mass is 482 g/mol. The van der Waals surface area contributed by atoms with E-state index >= 15 is 0 Å². The van der Waals surface area contributed by atoms with Crippen molar-refractivity contribution in [1.29, 1.82) is 0 Å². The van der Waals surface area contributed by atoms with Crippen LogP contribution in [-0.4, -0.2) is 66.2 Å². The molecule has 0 radical (unpaired) electrons. The minimum Gasteiger partial charge on any atom is -0.481 e. The quantitative estimate of drug-likeness (QED) is 0.431. The topological polar surface area (TPSA) is 134 Å². The van der Waals surface area contributed by atoms with E-state index < -0.39 is 36.0 Å². The lowest BCUT2D eigenvalue weighted by Gasteiger charge is -2.37. The summed E-state index contributed by atoms with van der Waals surface area (Å²) in [7, 11) is 0. The number of carboxylic acids is 1. The highest BCUT2D eigenvalue weighted by Gasteiger charge is 2.37. The second-order valence-corrected chi connectivity index (χ2v) is 9.08. The fourth-order valence-electron chi connectivity index (χ4n) is 4.83. The molecule has 9 heteroatoms. The molecule has 1 aliphatic heterocycles. The van der Waals surface area contributed by atoms with E-state index in [0.717, 1.165) is 22.3 Å². The molecule has 186 valence electrons. The van der Waals surface area contributed by atoms with Gasteiger partial charge in [0.2, 0.25) is 5.91 Å². The summed E-state index contributed by atoms with van der Waals surface area (Å²) in [5.41, 5.74) is 3.66. The minimum absolute atomic E-state index is 0.0274. The van der Waals surface area contributed by atoms with Crippen molar-refractivity contribution in [3.05, 3.63) is 59.7 Å². The van der Waals surface area contributed by atoms with Crippen LogP contribution in [0.5, 0.6) is 0 Å². The van der Waals surface area contributed by atoms with E-state index in [0.29, 0.717) is 26.1 Å². The van der Waals surface area contributed by atoms with Gasteiger partial charge >= 0.3 is 12.1 Å². The van der Waals surface area contributed by atoms with Crippen molar-refractivity contribution in [3.63, 3.8) is 0 Å². The molecule has 4 N–H and O–H groups in total. The van der Waals surface area contributed by atoms with Gasteiger partial charge < -0.3 is 30.3 Å². The van der Waals surface area contributed by atoms with Crippen molar-refractivity contribution < 1.29 is 34.1 Å². The lowest BCUT2D eigenvalue weighted by Crippen LogP contribution is -2.54. The third kappa shape index (κ3) is 5.98. The molecule has 2 amide bonds. The second kappa shape index (κ2) is 10.9. The number of carbonyl (C=O) groups is 3. The van der Waals surface area contributed by atoms with E-state index in [1.807, 2.05) is 36.4 Å². The van der Waals surface area contributed by atoms with Gasteiger partial charge in [0.25, 0.3) is 0 Å². The Balaban J connectivity index is 1.37. The molecule has 0 bridgehead atoms. The van der Waals surface area contributed by atoms with E-state index in [4.69, 9.17) is 14.6 Å². The van der Waals surface area contributed by atoms with Crippen LogP contribution in [0.25, 0.3) is 11.1 Å². The highest BCUT2D eigenvalue weighted by Crippen LogP contribution is 2.44. The smallest absolute Gasteiger partial charge is 0.407 e. The molecule has 35 heavy (non-hydrogen) atoms. The van der Waals surface area contributed by atoms with Crippen LogP contribution in [0.4, 0.5) is 4.79 Å². The van der Waals surface area contributed by atoms with Gasteiger partial charge in [0.05, 0.1) is 18.1 Å². The predicted molar refractivity (Wildman–Crippen MR) is 127 cm³/mol. The Morgan fingerprint density at radius 1 is 1.03 bits per heavy atom. The summed E-state index contributed by atoms with van der Waals surface area (Å²) in [6, 6.07) is 16.2. The largest absolute Gasteiger partial charge is 0.481 e. The summed E-state index contributed by atoms with van der Waals surface area (Å²) in [6.07, 6.45) is -1.41. The molecule has 2 aromatic carbocycles. The summed E-state index contributed by atoms with van der Waals surface area (Å²) in [4.78, 5) is 36.1. The SMILES string of the molecule is O=C(O)CC(O)CNC(=O)CC1(NC(=O)OCC2c3ccccc3-c3ccccc32)CCOCC1. The fraction of sp³-hybridized carbons (Fsp3) is 0.423. The number of hydrogen-bond acceptors (Lipinski definition) is 6. The van der Waals surface area contributed by atoms with Gasteiger partial charge in [-0.25, -0.2) is 4.79 Å². The van der Waals surface area contributed by atoms with Crippen LogP contribution in [0.1, 0.15) is 42.7 Å².